The number of para-hydroxylation sites is 1. The second kappa shape index (κ2) is 6.51. The summed E-state index contributed by atoms with van der Waals surface area (Å²) in [5.41, 5.74) is 7.12. The van der Waals surface area contributed by atoms with E-state index < -0.39 is 0 Å². The Morgan fingerprint density at radius 1 is 1.31 bits per heavy atom. The Kier molecular flexibility index (Phi) is 5.29. The molecule has 1 aromatic rings. The highest BCUT2D eigenvalue weighted by molar-refractivity contribution is 5.36. The first-order chi connectivity index (χ1) is 7.70. The van der Waals surface area contributed by atoms with Gasteiger partial charge in [-0.1, -0.05) is 25.1 Å². The van der Waals surface area contributed by atoms with Gasteiger partial charge in [0.2, 0.25) is 0 Å². The summed E-state index contributed by atoms with van der Waals surface area (Å²) < 4.78 is 10.9. The van der Waals surface area contributed by atoms with Gasteiger partial charge in [0.25, 0.3) is 0 Å². The highest BCUT2D eigenvalue weighted by Crippen LogP contribution is 2.26. The fourth-order valence-corrected chi connectivity index (χ4v) is 1.50. The van der Waals surface area contributed by atoms with E-state index in [9.17, 15) is 0 Å². The number of methoxy groups -OCH3 is 1. The van der Waals surface area contributed by atoms with Gasteiger partial charge in [-0.05, 0) is 19.4 Å². The summed E-state index contributed by atoms with van der Waals surface area (Å²) in [5, 5.41) is 0. The van der Waals surface area contributed by atoms with Gasteiger partial charge in [-0.25, -0.2) is 0 Å². The van der Waals surface area contributed by atoms with Crippen molar-refractivity contribution in [3.8, 4) is 5.75 Å². The molecule has 16 heavy (non-hydrogen) atoms. The largest absolute Gasteiger partial charge is 0.493 e. The number of rotatable bonds is 6. The summed E-state index contributed by atoms with van der Waals surface area (Å²) in [4.78, 5) is 0. The van der Waals surface area contributed by atoms with Crippen molar-refractivity contribution in [3.05, 3.63) is 29.8 Å². The van der Waals surface area contributed by atoms with Crippen LogP contribution in [0.15, 0.2) is 24.3 Å². The minimum Gasteiger partial charge on any atom is -0.493 e. The Bertz CT molecular complexity index is 315. The van der Waals surface area contributed by atoms with Crippen LogP contribution in [0.5, 0.6) is 5.75 Å². The van der Waals surface area contributed by atoms with Crippen LogP contribution in [0.1, 0.15) is 31.9 Å². The maximum atomic E-state index is 6.12. The Hall–Kier alpha value is -1.06. The quantitative estimate of drug-likeness (QED) is 0.806. The average Bonchev–Trinajstić information content (AvgIpc) is 2.34. The molecule has 90 valence electrons. The topological polar surface area (TPSA) is 44.5 Å². The zero-order chi connectivity index (χ0) is 12.0. The molecule has 0 spiro atoms. The SMILES string of the molecule is CCCOc1ccccc1C(N)C(C)OC. The van der Waals surface area contributed by atoms with Crippen molar-refractivity contribution in [1.82, 2.24) is 0 Å². The van der Waals surface area contributed by atoms with Crippen LogP contribution >= 0.6 is 0 Å². The van der Waals surface area contributed by atoms with E-state index in [0.717, 1.165) is 17.7 Å². The van der Waals surface area contributed by atoms with Gasteiger partial charge in [0.1, 0.15) is 5.75 Å². The molecule has 3 nitrogen and oxygen atoms in total. The summed E-state index contributed by atoms with van der Waals surface area (Å²) in [6.45, 7) is 4.76. The van der Waals surface area contributed by atoms with Crippen LogP contribution in [0.25, 0.3) is 0 Å². The molecule has 0 aliphatic heterocycles. The third-order valence-corrected chi connectivity index (χ3v) is 2.62. The first kappa shape index (κ1) is 13.0. The zero-order valence-corrected chi connectivity index (χ0v) is 10.3. The fourth-order valence-electron chi connectivity index (χ4n) is 1.50. The van der Waals surface area contributed by atoms with E-state index in [1.807, 2.05) is 31.2 Å². The Morgan fingerprint density at radius 3 is 2.62 bits per heavy atom. The summed E-state index contributed by atoms with van der Waals surface area (Å²) >= 11 is 0. The first-order valence-corrected chi connectivity index (χ1v) is 5.70. The predicted octanol–water partition coefficient (Wildman–Crippen LogP) is 2.51. The molecular formula is C13H21NO2. The lowest BCUT2D eigenvalue weighted by Gasteiger charge is -2.21. The molecular weight excluding hydrogens is 202 g/mol. The average molecular weight is 223 g/mol. The lowest BCUT2D eigenvalue weighted by atomic mass is 10.0. The highest BCUT2D eigenvalue weighted by atomic mass is 16.5. The standard InChI is InChI=1S/C13H21NO2/c1-4-9-16-12-8-6-5-7-11(12)13(14)10(2)15-3/h5-8,10,13H,4,9,14H2,1-3H3. The van der Waals surface area contributed by atoms with Crippen molar-refractivity contribution in [3.63, 3.8) is 0 Å². The minimum atomic E-state index is -0.155. The van der Waals surface area contributed by atoms with Gasteiger partial charge in [0.15, 0.2) is 0 Å². The number of hydrogen-bond donors (Lipinski definition) is 1. The molecule has 0 saturated carbocycles. The first-order valence-electron chi connectivity index (χ1n) is 5.70. The van der Waals surface area contributed by atoms with Crippen LogP contribution in [0.4, 0.5) is 0 Å². The number of nitrogens with two attached hydrogens (primary N) is 1. The van der Waals surface area contributed by atoms with Gasteiger partial charge in [0, 0.05) is 12.7 Å². The molecule has 2 unspecified atom stereocenters. The van der Waals surface area contributed by atoms with E-state index in [4.69, 9.17) is 15.2 Å². The molecule has 0 aromatic heterocycles. The summed E-state index contributed by atoms with van der Waals surface area (Å²) in [7, 11) is 1.67. The second-order valence-electron chi connectivity index (χ2n) is 3.85. The molecule has 0 amide bonds. The smallest absolute Gasteiger partial charge is 0.124 e. The lowest BCUT2D eigenvalue weighted by molar-refractivity contribution is 0.0945. The van der Waals surface area contributed by atoms with E-state index in [0.29, 0.717) is 6.61 Å². The number of ether oxygens (including phenoxy) is 2. The van der Waals surface area contributed by atoms with Crippen LogP contribution in [0.2, 0.25) is 0 Å². The zero-order valence-electron chi connectivity index (χ0n) is 10.3. The van der Waals surface area contributed by atoms with Gasteiger partial charge in [-0.3, -0.25) is 0 Å². The van der Waals surface area contributed by atoms with Gasteiger partial charge < -0.3 is 15.2 Å². The van der Waals surface area contributed by atoms with Crippen LogP contribution in [0.3, 0.4) is 0 Å². The maximum absolute atomic E-state index is 6.12. The molecule has 0 saturated heterocycles. The predicted molar refractivity (Wildman–Crippen MR) is 65.6 cm³/mol. The van der Waals surface area contributed by atoms with Gasteiger partial charge >= 0.3 is 0 Å². The van der Waals surface area contributed by atoms with Crippen molar-refractivity contribution < 1.29 is 9.47 Å². The molecule has 2 N–H and O–H groups in total. The Morgan fingerprint density at radius 2 is 2.00 bits per heavy atom. The lowest BCUT2D eigenvalue weighted by Crippen LogP contribution is -2.25. The van der Waals surface area contributed by atoms with Crippen molar-refractivity contribution in [2.45, 2.75) is 32.4 Å². The molecule has 3 heteroatoms. The van der Waals surface area contributed by atoms with Crippen molar-refractivity contribution in [1.29, 1.82) is 0 Å². The van der Waals surface area contributed by atoms with Crippen LogP contribution in [0, 0.1) is 0 Å². The molecule has 0 heterocycles. The van der Waals surface area contributed by atoms with E-state index in [2.05, 4.69) is 6.92 Å². The van der Waals surface area contributed by atoms with Crippen molar-refractivity contribution >= 4 is 0 Å². The van der Waals surface area contributed by atoms with Crippen LogP contribution in [-0.4, -0.2) is 19.8 Å². The van der Waals surface area contributed by atoms with Crippen molar-refractivity contribution in [2.24, 2.45) is 5.73 Å². The van der Waals surface area contributed by atoms with Crippen molar-refractivity contribution in [2.75, 3.05) is 13.7 Å². The van der Waals surface area contributed by atoms with Gasteiger partial charge in [-0.15, -0.1) is 0 Å². The molecule has 0 bridgehead atoms. The molecule has 0 aliphatic carbocycles. The Labute approximate surface area is 97.6 Å². The second-order valence-corrected chi connectivity index (χ2v) is 3.85. The van der Waals surface area contributed by atoms with E-state index in [1.165, 1.54) is 0 Å². The monoisotopic (exact) mass is 223 g/mol. The van der Waals surface area contributed by atoms with Crippen LogP contribution in [-0.2, 0) is 4.74 Å². The summed E-state index contributed by atoms with van der Waals surface area (Å²) in [6, 6.07) is 7.71. The third kappa shape index (κ3) is 3.22. The number of hydrogen-bond acceptors (Lipinski definition) is 3. The molecule has 0 fully saturated rings. The minimum absolute atomic E-state index is 0.0219. The van der Waals surface area contributed by atoms with Gasteiger partial charge in [0.05, 0.1) is 18.8 Å². The molecule has 1 rings (SSSR count). The van der Waals surface area contributed by atoms with E-state index in [-0.39, 0.29) is 12.1 Å². The molecule has 1 aromatic carbocycles. The fraction of sp³-hybridized carbons (Fsp3) is 0.538. The third-order valence-electron chi connectivity index (χ3n) is 2.62. The molecule has 0 radical (unpaired) electrons. The van der Waals surface area contributed by atoms with E-state index in [1.54, 1.807) is 7.11 Å². The summed E-state index contributed by atoms with van der Waals surface area (Å²) in [6.07, 6.45) is 0.968. The Balaban J connectivity index is 2.84. The molecule has 2 atom stereocenters. The van der Waals surface area contributed by atoms with Gasteiger partial charge in [-0.2, -0.15) is 0 Å². The number of benzene rings is 1. The van der Waals surface area contributed by atoms with E-state index >= 15 is 0 Å². The normalized spacial score (nSPS) is 14.5. The summed E-state index contributed by atoms with van der Waals surface area (Å²) in [5.74, 6) is 0.862. The highest BCUT2D eigenvalue weighted by Gasteiger charge is 2.17. The molecule has 0 aliphatic rings. The van der Waals surface area contributed by atoms with Crippen LogP contribution < -0.4 is 10.5 Å². The maximum Gasteiger partial charge on any atom is 0.124 e.